The summed E-state index contributed by atoms with van der Waals surface area (Å²) in [7, 11) is 0. The fraction of sp³-hybridized carbons (Fsp3) is 0.538. The first-order chi connectivity index (χ1) is 8.67. The zero-order valence-corrected chi connectivity index (χ0v) is 10.3. The molecule has 0 aliphatic rings. The molecule has 0 aromatic heterocycles. The van der Waals surface area contributed by atoms with Crippen molar-refractivity contribution in [1.82, 2.24) is 4.90 Å². The number of aliphatic hydroxyl groups excluding tert-OH is 3. The largest absolute Gasteiger partial charge is 0.395 e. The van der Waals surface area contributed by atoms with Crippen LogP contribution in [-0.2, 0) is 0 Å². The Bertz CT molecular complexity index is 326. The molecule has 0 fully saturated rings. The molecule has 0 aliphatic heterocycles. The van der Waals surface area contributed by atoms with Crippen LogP contribution in [0.5, 0.6) is 0 Å². The van der Waals surface area contributed by atoms with Gasteiger partial charge in [0.1, 0.15) is 5.82 Å². The van der Waals surface area contributed by atoms with E-state index in [1.807, 2.05) is 4.90 Å². The van der Waals surface area contributed by atoms with Gasteiger partial charge in [0, 0.05) is 19.6 Å². The second-order valence-corrected chi connectivity index (χ2v) is 4.14. The third-order valence-electron chi connectivity index (χ3n) is 2.81. The first-order valence-corrected chi connectivity index (χ1v) is 6.05. The van der Waals surface area contributed by atoms with E-state index in [1.54, 1.807) is 12.1 Å². The minimum atomic E-state index is -0.662. The molecule has 0 spiro atoms. The van der Waals surface area contributed by atoms with Gasteiger partial charge in [-0.05, 0) is 24.1 Å². The van der Waals surface area contributed by atoms with Crippen LogP contribution in [0.15, 0.2) is 24.3 Å². The van der Waals surface area contributed by atoms with Crippen molar-refractivity contribution in [1.29, 1.82) is 0 Å². The quantitative estimate of drug-likeness (QED) is 0.636. The van der Waals surface area contributed by atoms with E-state index in [0.29, 0.717) is 31.6 Å². The minimum absolute atomic E-state index is 0.0205. The Morgan fingerprint density at radius 2 is 1.56 bits per heavy atom. The number of nitrogens with zero attached hydrogens (tertiary/aromatic N) is 1. The fourth-order valence-electron chi connectivity index (χ4n) is 1.77. The van der Waals surface area contributed by atoms with Crippen LogP contribution >= 0.6 is 0 Å². The first-order valence-electron chi connectivity index (χ1n) is 6.05. The van der Waals surface area contributed by atoms with Crippen LogP contribution in [0.25, 0.3) is 0 Å². The lowest BCUT2D eigenvalue weighted by Crippen LogP contribution is -2.31. The summed E-state index contributed by atoms with van der Waals surface area (Å²) in [5.74, 6) is -0.326. The monoisotopic (exact) mass is 257 g/mol. The number of benzene rings is 1. The van der Waals surface area contributed by atoms with Gasteiger partial charge < -0.3 is 15.3 Å². The van der Waals surface area contributed by atoms with Crippen LogP contribution in [-0.4, -0.2) is 53.1 Å². The van der Waals surface area contributed by atoms with Crippen molar-refractivity contribution in [2.45, 2.75) is 12.5 Å². The summed E-state index contributed by atoms with van der Waals surface area (Å²) in [6, 6.07) is 5.75. The highest BCUT2D eigenvalue weighted by Crippen LogP contribution is 2.17. The molecule has 4 nitrogen and oxygen atoms in total. The van der Waals surface area contributed by atoms with Crippen molar-refractivity contribution < 1.29 is 19.7 Å². The fourth-order valence-corrected chi connectivity index (χ4v) is 1.77. The zero-order chi connectivity index (χ0) is 13.4. The molecule has 0 amide bonds. The molecule has 3 N–H and O–H groups in total. The number of aliphatic hydroxyl groups is 3. The molecule has 1 rings (SSSR count). The maximum atomic E-state index is 12.7. The van der Waals surface area contributed by atoms with Gasteiger partial charge in [-0.25, -0.2) is 4.39 Å². The minimum Gasteiger partial charge on any atom is -0.395 e. The lowest BCUT2D eigenvalue weighted by atomic mass is 10.1. The van der Waals surface area contributed by atoms with E-state index < -0.39 is 6.10 Å². The molecule has 102 valence electrons. The molecule has 0 saturated carbocycles. The van der Waals surface area contributed by atoms with E-state index in [4.69, 9.17) is 10.2 Å². The Hall–Kier alpha value is -1.01. The summed E-state index contributed by atoms with van der Waals surface area (Å²) in [6.07, 6.45) is -0.184. The molecule has 1 aromatic carbocycles. The third-order valence-corrected chi connectivity index (χ3v) is 2.81. The summed E-state index contributed by atoms with van der Waals surface area (Å²) >= 11 is 0. The number of hydrogen-bond acceptors (Lipinski definition) is 4. The van der Waals surface area contributed by atoms with Gasteiger partial charge in [0.2, 0.25) is 0 Å². The standard InChI is InChI=1S/C13H20FNO3/c14-12-3-1-11(2-4-12)13(18)5-6-15(7-9-16)8-10-17/h1-4,13,16-18H,5-10H2. The molecule has 1 atom stereocenters. The topological polar surface area (TPSA) is 63.9 Å². The van der Waals surface area contributed by atoms with Gasteiger partial charge >= 0.3 is 0 Å². The van der Waals surface area contributed by atoms with Crippen LogP contribution in [0.3, 0.4) is 0 Å². The smallest absolute Gasteiger partial charge is 0.123 e. The van der Waals surface area contributed by atoms with E-state index >= 15 is 0 Å². The number of hydrogen-bond donors (Lipinski definition) is 3. The third kappa shape index (κ3) is 5.10. The first kappa shape index (κ1) is 15.0. The summed E-state index contributed by atoms with van der Waals surface area (Å²) in [4.78, 5) is 1.87. The maximum Gasteiger partial charge on any atom is 0.123 e. The molecular formula is C13H20FNO3. The summed E-state index contributed by atoms with van der Waals surface area (Å²) in [6.45, 7) is 1.55. The van der Waals surface area contributed by atoms with Crippen molar-refractivity contribution >= 4 is 0 Å². The number of rotatable bonds is 8. The highest BCUT2D eigenvalue weighted by molar-refractivity contribution is 5.18. The van der Waals surface area contributed by atoms with E-state index in [9.17, 15) is 9.50 Å². The predicted molar refractivity (Wildman–Crippen MR) is 66.6 cm³/mol. The molecule has 0 saturated heterocycles. The van der Waals surface area contributed by atoms with Gasteiger partial charge in [0.15, 0.2) is 0 Å². The van der Waals surface area contributed by atoms with Gasteiger partial charge in [-0.2, -0.15) is 0 Å². The average molecular weight is 257 g/mol. The van der Waals surface area contributed by atoms with Crippen molar-refractivity contribution in [2.75, 3.05) is 32.8 Å². The Balaban J connectivity index is 2.43. The van der Waals surface area contributed by atoms with E-state index in [0.717, 1.165) is 0 Å². The van der Waals surface area contributed by atoms with E-state index in [1.165, 1.54) is 12.1 Å². The second kappa shape index (κ2) is 8.16. The molecule has 0 aliphatic carbocycles. The Labute approximate surface area is 106 Å². The van der Waals surface area contributed by atoms with Crippen LogP contribution in [0, 0.1) is 5.82 Å². The van der Waals surface area contributed by atoms with Gasteiger partial charge in [0.05, 0.1) is 19.3 Å². The average Bonchev–Trinajstić information content (AvgIpc) is 2.37. The molecule has 0 bridgehead atoms. The van der Waals surface area contributed by atoms with Crippen molar-refractivity contribution in [3.8, 4) is 0 Å². The lowest BCUT2D eigenvalue weighted by Gasteiger charge is -2.21. The van der Waals surface area contributed by atoms with E-state index in [-0.39, 0.29) is 19.0 Å². The van der Waals surface area contributed by atoms with Gasteiger partial charge in [-0.15, -0.1) is 0 Å². The lowest BCUT2D eigenvalue weighted by molar-refractivity contribution is 0.118. The van der Waals surface area contributed by atoms with Crippen molar-refractivity contribution in [2.24, 2.45) is 0 Å². The van der Waals surface area contributed by atoms with Gasteiger partial charge in [-0.3, -0.25) is 4.90 Å². The summed E-state index contributed by atoms with van der Waals surface area (Å²) in [5, 5.41) is 27.6. The van der Waals surface area contributed by atoms with Crippen molar-refractivity contribution in [3.05, 3.63) is 35.6 Å². The van der Waals surface area contributed by atoms with Gasteiger partial charge in [-0.1, -0.05) is 12.1 Å². The Kier molecular flexibility index (Phi) is 6.82. The molecule has 0 radical (unpaired) electrons. The Morgan fingerprint density at radius 3 is 2.06 bits per heavy atom. The zero-order valence-electron chi connectivity index (χ0n) is 10.3. The number of halogens is 1. The molecule has 18 heavy (non-hydrogen) atoms. The molecule has 5 heteroatoms. The Morgan fingerprint density at radius 1 is 1.00 bits per heavy atom. The van der Waals surface area contributed by atoms with Gasteiger partial charge in [0.25, 0.3) is 0 Å². The molecule has 0 heterocycles. The van der Waals surface area contributed by atoms with Crippen LogP contribution in [0.4, 0.5) is 4.39 Å². The van der Waals surface area contributed by atoms with Crippen LogP contribution in [0.1, 0.15) is 18.1 Å². The van der Waals surface area contributed by atoms with Crippen LogP contribution < -0.4 is 0 Å². The van der Waals surface area contributed by atoms with Crippen LogP contribution in [0.2, 0.25) is 0 Å². The van der Waals surface area contributed by atoms with Crippen molar-refractivity contribution in [3.63, 3.8) is 0 Å². The summed E-state index contributed by atoms with van der Waals surface area (Å²) in [5.41, 5.74) is 0.671. The second-order valence-electron chi connectivity index (χ2n) is 4.14. The SMILES string of the molecule is OCCN(CCO)CCC(O)c1ccc(F)cc1. The molecule has 1 aromatic rings. The molecular weight excluding hydrogens is 237 g/mol. The normalized spacial score (nSPS) is 12.9. The maximum absolute atomic E-state index is 12.7. The van der Waals surface area contributed by atoms with E-state index in [2.05, 4.69) is 0 Å². The highest BCUT2D eigenvalue weighted by Gasteiger charge is 2.10. The highest BCUT2D eigenvalue weighted by atomic mass is 19.1. The molecule has 1 unspecified atom stereocenters. The predicted octanol–water partition coefficient (Wildman–Crippen LogP) is 0.536. The summed E-state index contributed by atoms with van der Waals surface area (Å²) < 4.78 is 12.7.